The molecule has 0 saturated heterocycles. The number of aromatic nitrogens is 2. The Balaban J connectivity index is 2.53. The van der Waals surface area contributed by atoms with Gasteiger partial charge >= 0.3 is 0 Å². The Kier molecular flexibility index (Phi) is 9.49. The molecule has 0 bridgehead atoms. The molecule has 2 rings (SSSR count). The summed E-state index contributed by atoms with van der Waals surface area (Å²) >= 11 is 0. The number of nitrogens with zero attached hydrogens (tertiary/aromatic N) is 3. The lowest BCUT2D eigenvalue weighted by molar-refractivity contribution is -0.385. The predicted octanol–water partition coefficient (Wildman–Crippen LogP) is 1.77. The first-order valence-electron chi connectivity index (χ1n) is 10.3. The summed E-state index contributed by atoms with van der Waals surface area (Å²) in [6.07, 6.45) is 0. The monoisotopic (exact) mass is 499 g/mol. The number of methoxy groups -OCH3 is 2. The van der Waals surface area contributed by atoms with Crippen LogP contribution in [0.5, 0.6) is 11.6 Å². The molecule has 0 aliphatic rings. The van der Waals surface area contributed by atoms with Crippen molar-refractivity contribution in [1.82, 2.24) is 19.8 Å². The number of sulfonamides is 1. The fourth-order valence-electron chi connectivity index (χ4n) is 2.91. The Bertz CT molecular complexity index is 1130. The standard InChI is InChI=1S/C20H29N5O8S/c1-13(2)24-20(14(3)18(23-24)19(26)21-8-10-31-4)33-16-7-6-15(25(27)28)12-17(16)34(29,30)22-9-11-32-5/h6-7,12-13,22H,8-11H2,1-5H3,(H,21,26). The highest BCUT2D eigenvalue weighted by atomic mass is 32.2. The molecular formula is C20H29N5O8S. The van der Waals surface area contributed by atoms with Gasteiger partial charge in [-0.3, -0.25) is 14.9 Å². The minimum absolute atomic E-state index is 0.0459. The first-order valence-corrected chi connectivity index (χ1v) is 11.8. The number of non-ortho nitro benzene ring substituents is 1. The van der Waals surface area contributed by atoms with Crippen LogP contribution in [-0.4, -0.2) is 69.6 Å². The van der Waals surface area contributed by atoms with Crippen LogP contribution >= 0.6 is 0 Å². The van der Waals surface area contributed by atoms with E-state index in [0.29, 0.717) is 12.2 Å². The molecule has 2 aromatic rings. The first-order chi connectivity index (χ1) is 16.0. The van der Waals surface area contributed by atoms with Crippen molar-refractivity contribution in [2.75, 3.05) is 40.5 Å². The molecule has 14 heteroatoms. The maximum atomic E-state index is 12.9. The van der Waals surface area contributed by atoms with E-state index in [1.807, 2.05) is 13.8 Å². The highest BCUT2D eigenvalue weighted by Crippen LogP contribution is 2.35. The highest BCUT2D eigenvalue weighted by Gasteiger charge is 2.27. The smallest absolute Gasteiger partial charge is 0.272 e. The van der Waals surface area contributed by atoms with Crippen molar-refractivity contribution >= 4 is 21.6 Å². The van der Waals surface area contributed by atoms with Crippen LogP contribution in [0.2, 0.25) is 0 Å². The van der Waals surface area contributed by atoms with Gasteiger partial charge in [0, 0.05) is 45.0 Å². The number of benzene rings is 1. The van der Waals surface area contributed by atoms with E-state index in [1.54, 1.807) is 6.92 Å². The SMILES string of the molecule is COCCNC(=O)c1nn(C(C)C)c(Oc2ccc([N+](=O)[O-])cc2S(=O)(=O)NCCOC)c1C. The van der Waals surface area contributed by atoms with Gasteiger partial charge in [0.25, 0.3) is 11.6 Å². The molecular weight excluding hydrogens is 470 g/mol. The molecule has 2 N–H and O–H groups in total. The average molecular weight is 500 g/mol. The molecule has 34 heavy (non-hydrogen) atoms. The Labute approximate surface area is 197 Å². The molecule has 0 unspecified atom stereocenters. The third-order valence-corrected chi connectivity index (χ3v) is 6.10. The second-order valence-corrected chi connectivity index (χ2v) is 9.18. The van der Waals surface area contributed by atoms with Crippen molar-refractivity contribution in [2.24, 2.45) is 0 Å². The zero-order chi connectivity index (χ0) is 25.5. The number of ether oxygens (including phenoxy) is 3. The van der Waals surface area contributed by atoms with E-state index in [2.05, 4.69) is 15.1 Å². The summed E-state index contributed by atoms with van der Waals surface area (Å²) < 4.78 is 45.3. The molecule has 0 aliphatic carbocycles. The second-order valence-electron chi connectivity index (χ2n) is 7.45. The van der Waals surface area contributed by atoms with E-state index >= 15 is 0 Å². The molecule has 1 heterocycles. The van der Waals surface area contributed by atoms with Gasteiger partial charge < -0.3 is 19.5 Å². The van der Waals surface area contributed by atoms with Gasteiger partial charge in [0.05, 0.1) is 24.2 Å². The lowest BCUT2D eigenvalue weighted by Crippen LogP contribution is -2.28. The first kappa shape index (κ1) is 27.2. The van der Waals surface area contributed by atoms with Crippen molar-refractivity contribution < 1.29 is 32.3 Å². The number of carbonyl (C=O) groups excluding carboxylic acids is 1. The average Bonchev–Trinajstić information content (AvgIpc) is 3.10. The molecule has 0 fully saturated rings. The van der Waals surface area contributed by atoms with Crippen molar-refractivity contribution in [3.05, 3.63) is 39.6 Å². The third-order valence-electron chi connectivity index (χ3n) is 4.62. The molecule has 0 atom stereocenters. The predicted molar refractivity (Wildman–Crippen MR) is 122 cm³/mol. The molecule has 188 valence electrons. The molecule has 1 aromatic carbocycles. The summed E-state index contributed by atoms with van der Waals surface area (Å²) in [5, 5.41) is 18.3. The fourth-order valence-corrected chi connectivity index (χ4v) is 4.06. The van der Waals surface area contributed by atoms with Crippen molar-refractivity contribution in [2.45, 2.75) is 31.7 Å². The maximum Gasteiger partial charge on any atom is 0.272 e. The van der Waals surface area contributed by atoms with Gasteiger partial charge in [-0.2, -0.15) is 5.10 Å². The van der Waals surface area contributed by atoms with E-state index in [0.717, 1.165) is 12.1 Å². The van der Waals surface area contributed by atoms with Gasteiger partial charge in [-0.25, -0.2) is 17.8 Å². The van der Waals surface area contributed by atoms with E-state index in [4.69, 9.17) is 14.2 Å². The second kappa shape index (κ2) is 11.9. The van der Waals surface area contributed by atoms with Crippen molar-refractivity contribution in [3.8, 4) is 11.6 Å². The van der Waals surface area contributed by atoms with Crippen LogP contribution in [0.15, 0.2) is 23.1 Å². The number of nitro groups is 1. The minimum Gasteiger partial charge on any atom is -0.438 e. The van der Waals surface area contributed by atoms with Gasteiger partial charge in [0.15, 0.2) is 5.69 Å². The Morgan fingerprint density at radius 1 is 1.21 bits per heavy atom. The molecule has 13 nitrogen and oxygen atoms in total. The molecule has 0 spiro atoms. The quantitative estimate of drug-likeness (QED) is 0.237. The summed E-state index contributed by atoms with van der Waals surface area (Å²) in [7, 11) is -1.27. The zero-order valence-corrected chi connectivity index (χ0v) is 20.5. The lowest BCUT2D eigenvalue weighted by atomic mass is 10.2. The van der Waals surface area contributed by atoms with Crippen LogP contribution in [0.25, 0.3) is 0 Å². The number of rotatable bonds is 13. The lowest BCUT2D eigenvalue weighted by Gasteiger charge is -2.15. The van der Waals surface area contributed by atoms with Gasteiger partial charge in [-0.05, 0) is 26.8 Å². The van der Waals surface area contributed by atoms with Gasteiger partial charge in [-0.15, -0.1) is 0 Å². The summed E-state index contributed by atoms with van der Waals surface area (Å²) in [4.78, 5) is 22.7. The summed E-state index contributed by atoms with van der Waals surface area (Å²) in [5.74, 6) is -0.475. The van der Waals surface area contributed by atoms with Gasteiger partial charge in [0.2, 0.25) is 15.9 Å². The fraction of sp³-hybridized carbons (Fsp3) is 0.500. The van der Waals surface area contributed by atoms with E-state index < -0.39 is 31.4 Å². The summed E-state index contributed by atoms with van der Waals surface area (Å²) in [5.41, 5.74) is 0.0498. The number of amides is 1. The van der Waals surface area contributed by atoms with Crippen molar-refractivity contribution in [3.63, 3.8) is 0 Å². The Morgan fingerprint density at radius 2 is 1.85 bits per heavy atom. The molecule has 0 radical (unpaired) electrons. The van der Waals surface area contributed by atoms with Gasteiger partial charge in [-0.1, -0.05) is 0 Å². The normalized spacial score (nSPS) is 11.6. The van der Waals surface area contributed by atoms with Crippen LogP contribution in [0.3, 0.4) is 0 Å². The van der Waals surface area contributed by atoms with E-state index in [9.17, 15) is 23.3 Å². The largest absolute Gasteiger partial charge is 0.438 e. The summed E-state index contributed by atoms with van der Waals surface area (Å²) in [6.45, 7) is 5.89. The zero-order valence-electron chi connectivity index (χ0n) is 19.7. The maximum absolute atomic E-state index is 12.9. The number of carbonyl (C=O) groups is 1. The van der Waals surface area contributed by atoms with Crippen LogP contribution in [0, 0.1) is 17.0 Å². The van der Waals surface area contributed by atoms with Crippen LogP contribution < -0.4 is 14.8 Å². The third kappa shape index (κ3) is 6.50. The Hall–Kier alpha value is -3.07. The molecule has 0 aliphatic heterocycles. The van der Waals surface area contributed by atoms with Crippen LogP contribution in [-0.2, 0) is 19.5 Å². The van der Waals surface area contributed by atoms with Crippen LogP contribution in [0.4, 0.5) is 5.69 Å². The number of hydrogen-bond acceptors (Lipinski definition) is 9. The van der Waals surface area contributed by atoms with Gasteiger partial charge in [0.1, 0.15) is 10.6 Å². The van der Waals surface area contributed by atoms with E-state index in [1.165, 1.54) is 25.0 Å². The number of nitro benzene ring substituents is 1. The Morgan fingerprint density at radius 3 is 2.44 bits per heavy atom. The van der Waals surface area contributed by atoms with Crippen molar-refractivity contribution in [1.29, 1.82) is 0 Å². The summed E-state index contributed by atoms with van der Waals surface area (Å²) in [6, 6.07) is 2.99. The van der Waals surface area contributed by atoms with Crippen LogP contribution in [0.1, 0.15) is 35.9 Å². The number of nitrogens with one attached hydrogen (secondary N) is 2. The molecule has 1 aromatic heterocycles. The molecule has 1 amide bonds. The number of hydrogen-bond donors (Lipinski definition) is 2. The molecule has 0 saturated carbocycles. The minimum atomic E-state index is -4.19. The van der Waals surface area contributed by atoms with E-state index in [-0.39, 0.29) is 43.1 Å². The highest BCUT2D eigenvalue weighted by molar-refractivity contribution is 7.89. The topological polar surface area (TPSA) is 164 Å².